The molecular formula is C13H16N4O4S. The average molecular weight is 324 g/mol. The second kappa shape index (κ2) is 5.85. The van der Waals surface area contributed by atoms with Gasteiger partial charge in [-0.15, -0.1) is 0 Å². The van der Waals surface area contributed by atoms with Crippen molar-refractivity contribution < 1.29 is 13.3 Å². The van der Waals surface area contributed by atoms with Gasteiger partial charge in [0.25, 0.3) is 5.69 Å². The Morgan fingerprint density at radius 2 is 1.91 bits per heavy atom. The average Bonchev–Trinajstić information content (AvgIpc) is 2.76. The second-order valence-corrected chi connectivity index (χ2v) is 6.97. The zero-order valence-electron chi connectivity index (χ0n) is 12.4. The SMILES string of the molecule is Cc1nn(C)cc1CN(C)S(=O)(=O)c1ccc([N+](=O)[O-])cc1. The Bertz CT molecular complexity index is 796. The van der Waals surface area contributed by atoms with E-state index in [1.807, 2.05) is 6.92 Å². The maximum Gasteiger partial charge on any atom is 0.269 e. The van der Waals surface area contributed by atoms with Gasteiger partial charge < -0.3 is 0 Å². The molecule has 0 amide bonds. The third kappa shape index (κ3) is 3.15. The van der Waals surface area contributed by atoms with Gasteiger partial charge in [0.2, 0.25) is 10.0 Å². The lowest BCUT2D eigenvalue weighted by Crippen LogP contribution is -2.26. The largest absolute Gasteiger partial charge is 0.275 e. The molecule has 22 heavy (non-hydrogen) atoms. The van der Waals surface area contributed by atoms with Gasteiger partial charge in [0.15, 0.2) is 0 Å². The van der Waals surface area contributed by atoms with Gasteiger partial charge in [-0.1, -0.05) is 0 Å². The third-order valence-corrected chi connectivity index (χ3v) is 5.08. The third-order valence-electron chi connectivity index (χ3n) is 3.26. The molecule has 0 bridgehead atoms. The van der Waals surface area contributed by atoms with Crippen molar-refractivity contribution in [2.75, 3.05) is 7.05 Å². The lowest BCUT2D eigenvalue weighted by atomic mass is 10.3. The van der Waals surface area contributed by atoms with Crippen LogP contribution in [0.1, 0.15) is 11.3 Å². The number of nitrogens with zero attached hydrogens (tertiary/aromatic N) is 4. The summed E-state index contributed by atoms with van der Waals surface area (Å²) in [6.07, 6.45) is 1.76. The second-order valence-electron chi connectivity index (χ2n) is 4.93. The summed E-state index contributed by atoms with van der Waals surface area (Å²) in [6, 6.07) is 4.83. The first-order chi connectivity index (χ1) is 10.2. The predicted octanol–water partition coefficient (Wildman–Crippen LogP) is 1.46. The Morgan fingerprint density at radius 3 is 2.36 bits per heavy atom. The number of hydrogen-bond donors (Lipinski definition) is 0. The van der Waals surface area contributed by atoms with Gasteiger partial charge in [0.1, 0.15) is 0 Å². The van der Waals surface area contributed by atoms with Crippen molar-refractivity contribution in [3.63, 3.8) is 0 Å². The van der Waals surface area contributed by atoms with E-state index in [9.17, 15) is 18.5 Å². The van der Waals surface area contributed by atoms with Crippen LogP contribution >= 0.6 is 0 Å². The van der Waals surface area contributed by atoms with Gasteiger partial charge in [0.05, 0.1) is 15.5 Å². The molecule has 0 aliphatic heterocycles. The van der Waals surface area contributed by atoms with Crippen molar-refractivity contribution in [2.24, 2.45) is 7.05 Å². The molecule has 0 fully saturated rings. The Hall–Kier alpha value is -2.26. The lowest BCUT2D eigenvalue weighted by molar-refractivity contribution is -0.384. The number of aryl methyl sites for hydroxylation is 2. The molecule has 9 heteroatoms. The molecule has 118 valence electrons. The fourth-order valence-corrected chi connectivity index (χ4v) is 3.20. The molecule has 0 radical (unpaired) electrons. The maximum absolute atomic E-state index is 12.5. The number of aromatic nitrogens is 2. The number of nitro groups is 1. The fourth-order valence-electron chi connectivity index (χ4n) is 2.05. The van der Waals surface area contributed by atoms with Gasteiger partial charge in [-0.25, -0.2) is 8.42 Å². The van der Waals surface area contributed by atoms with Gasteiger partial charge in [0, 0.05) is 44.5 Å². The van der Waals surface area contributed by atoms with Gasteiger partial charge >= 0.3 is 0 Å². The van der Waals surface area contributed by atoms with E-state index in [0.29, 0.717) is 0 Å². The number of rotatable bonds is 5. The lowest BCUT2D eigenvalue weighted by Gasteiger charge is -2.16. The zero-order valence-corrected chi connectivity index (χ0v) is 13.2. The molecule has 0 atom stereocenters. The smallest absolute Gasteiger partial charge is 0.269 e. The van der Waals surface area contributed by atoms with Gasteiger partial charge in [-0.2, -0.15) is 9.40 Å². The number of nitro benzene ring substituents is 1. The minimum absolute atomic E-state index is 0.0159. The molecule has 0 unspecified atom stereocenters. The van der Waals surface area contributed by atoms with Crippen LogP contribution in [0.2, 0.25) is 0 Å². The standard InChI is InChI=1S/C13H16N4O4S/c1-10-11(8-15(2)14-10)9-16(3)22(20,21)13-6-4-12(5-7-13)17(18)19/h4-8H,9H2,1-3H3. The first-order valence-corrected chi connectivity index (χ1v) is 7.85. The van der Waals surface area contributed by atoms with Crippen molar-refractivity contribution >= 4 is 15.7 Å². The molecule has 0 N–H and O–H groups in total. The fraction of sp³-hybridized carbons (Fsp3) is 0.308. The highest BCUT2D eigenvalue weighted by Gasteiger charge is 2.22. The molecule has 1 aromatic heterocycles. The Kier molecular flexibility index (Phi) is 4.29. The van der Waals surface area contributed by atoms with E-state index < -0.39 is 14.9 Å². The van der Waals surface area contributed by atoms with Crippen molar-refractivity contribution in [1.29, 1.82) is 0 Å². The topological polar surface area (TPSA) is 98.3 Å². The molecule has 1 heterocycles. The molecular weight excluding hydrogens is 308 g/mol. The van der Waals surface area contributed by atoms with Crippen LogP contribution in [0.3, 0.4) is 0 Å². The van der Waals surface area contributed by atoms with Crippen molar-refractivity contribution in [2.45, 2.75) is 18.4 Å². The van der Waals surface area contributed by atoms with Crippen LogP contribution in [-0.4, -0.2) is 34.5 Å². The zero-order chi connectivity index (χ0) is 16.5. The molecule has 0 saturated carbocycles. The van der Waals surface area contributed by atoms with Crippen LogP contribution in [0.25, 0.3) is 0 Å². The number of hydrogen-bond acceptors (Lipinski definition) is 5. The Balaban J connectivity index is 2.25. The minimum Gasteiger partial charge on any atom is -0.275 e. The summed E-state index contributed by atoms with van der Waals surface area (Å²) in [5.74, 6) is 0. The Morgan fingerprint density at radius 1 is 1.32 bits per heavy atom. The van der Waals surface area contributed by atoms with E-state index in [0.717, 1.165) is 11.3 Å². The van der Waals surface area contributed by atoms with Crippen LogP contribution in [0.15, 0.2) is 35.4 Å². The van der Waals surface area contributed by atoms with Crippen LogP contribution in [-0.2, 0) is 23.6 Å². The van der Waals surface area contributed by atoms with E-state index in [1.54, 1.807) is 17.9 Å². The molecule has 2 aromatic rings. The van der Waals surface area contributed by atoms with Gasteiger partial charge in [-0.3, -0.25) is 14.8 Å². The summed E-state index contributed by atoms with van der Waals surface area (Å²) < 4.78 is 27.7. The molecule has 8 nitrogen and oxygen atoms in total. The highest BCUT2D eigenvalue weighted by Crippen LogP contribution is 2.20. The summed E-state index contributed by atoms with van der Waals surface area (Å²) >= 11 is 0. The van der Waals surface area contributed by atoms with E-state index in [1.165, 1.54) is 35.6 Å². The van der Waals surface area contributed by atoms with Crippen molar-refractivity contribution in [3.05, 3.63) is 51.8 Å². The maximum atomic E-state index is 12.5. The summed E-state index contributed by atoms with van der Waals surface area (Å²) in [5, 5.41) is 14.8. The summed E-state index contributed by atoms with van der Waals surface area (Å²) in [4.78, 5) is 10.1. The first kappa shape index (κ1) is 16.1. The van der Waals surface area contributed by atoms with E-state index >= 15 is 0 Å². The summed E-state index contributed by atoms with van der Waals surface area (Å²) in [5.41, 5.74) is 1.41. The molecule has 0 saturated heterocycles. The van der Waals surface area contributed by atoms with Crippen LogP contribution in [0.5, 0.6) is 0 Å². The van der Waals surface area contributed by atoms with E-state index in [-0.39, 0.29) is 17.1 Å². The molecule has 2 rings (SSSR count). The number of benzene rings is 1. The van der Waals surface area contributed by atoms with E-state index in [2.05, 4.69) is 5.10 Å². The highest BCUT2D eigenvalue weighted by atomic mass is 32.2. The predicted molar refractivity (Wildman–Crippen MR) is 79.7 cm³/mol. The van der Waals surface area contributed by atoms with Crippen LogP contribution in [0.4, 0.5) is 5.69 Å². The normalized spacial score (nSPS) is 11.8. The Labute approximate surface area is 128 Å². The summed E-state index contributed by atoms with van der Waals surface area (Å²) in [6.45, 7) is 1.99. The number of non-ortho nitro benzene ring substituents is 1. The van der Waals surface area contributed by atoms with Crippen molar-refractivity contribution in [1.82, 2.24) is 14.1 Å². The highest BCUT2D eigenvalue weighted by molar-refractivity contribution is 7.89. The number of sulfonamides is 1. The first-order valence-electron chi connectivity index (χ1n) is 6.41. The minimum atomic E-state index is -3.71. The van der Waals surface area contributed by atoms with Crippen LogP contribution in [0, 0.1) is 17.0 Å². The summed E-state index contributed by atoms with van der Waals surface area (Å²) in [7, 11) is -0.487. The molecule has 0 spiro atoms. The van der Waals surface area contributed by atoms with Crippen molar-refractivity contribution in [3.8, 4) is 0 Å². The molecule has 0 aliphatic rings. The van der Waals surface area contributed by atoms with Gasteiger partial charge in [-0.05, 0) is 19.1 Å². The monoisotopic (exact) mass is 324 g/mol. The van der Waals surface area contributed by atoms with Crippen LogP contribution < -0.4 is 0 Å². The molecule has 1 aromatic carbocycles. The molecule has 0 aliphatic carbocycles. The van der Waals surface area contributed by atoms with E-state index in [4.69, 9.17) is 0 Å². The quantitative estimate of drug-likeness (QED) is 0.612.